The van der Waals surface area contributed by atoms with E-state index in [1.165, 1.54) is 24.8 Å². The molecule has 142 valence electrons. The Kier molecular flexibility index (Phi) is 4.16. The third-order valence-electron chi connectivity index (χ3n) is 6.21. The number of nitrogens with one attached hydrogen (secondary N) is 1. The second-order valence-corrected chi connectivity index (χ2v) is 8.20. The van der Waals surface area contributed by atoms with E-state index < -0.39 is 0 Å². The Balaban J connectivity index is 1.44. The van der Waals surface area contributed by atoms with Crippen molar-refractivity contribution in [1.82, 2.24) is 9.97 Å². The maximum Gasteiger partial charge on any atom is 0.254 e. The first kappa shape index (κ1) is 16.8. The van der Waals surface area contributed by atoms with Gasteiger partial charge in [-0.2, -0.15) is 4.98 Å². The molecule has 0 radical (unpaired) electrons. The monoisotopic (exact) mass is 366 g/mol. The summed E-state index contributed by atoms with van der Waals surface area (Å²) in [5.41, 5.74) is 1.71. The lowest BCUT2D eigenvalue weighted by atomic mass is 9.98. The molecule has 6 heteroatoms. The summed E-state index contributed by atoms with van der Waals surface area (Å²) in [5, 5.41) is 0. The fraction of sp³-hybridized carbons (Fsp3) is 0.524. The first-order valence-corrected chi connectivity index (χ1v) is 9.96. The van der Waals surface area contributed by atoms with Crippen LogP contribution in [0.1, 0.15) is 24.8 Å². The van der Waals surface area contributed by atoms with Crippen LogP contribution in [0.5, 0.6) is 0 Å². The van der Waals surface area contributed by atoms with Gasteiger partial charge in [-0.1, -0.05) is 30.3 Å². The molecule has 3 aliphatic rings. The molecule has 1 aliphatic carbocycles. The minimum Gasteiger partial charge on any atom is -0.378 e. The van der Waals surface area contributed by atoms with Gasteiger partial charge in [0.25, 0.3) is 5.56 Å². The van der Waals surface area contributed by atoms with Gasteiger partial charge in [0, 0.05) is 31.7 Å². The number of aromatic amines is 1. The number of ether oxygens (including phenoxy) is 1. The Morgan fingerprint density at radius 3 is 2.70 bits per heavy atom. The number of nitrogens with zero attached hydrogens (tertiary/aromatic N) is 3. The van der Waals surface area contributed by atoms with Gasteiger partial charge < -0.3 is 14.5 Å². The molecule has 1 spiro atoms. The number of anilines is 2. The molecule has 1 saturated carbocycles. The average molecular weight is 366 g/mol. The second-order valence-electron chi connectivity index (χ2n) is 8.20. The van der Waals surface area contributed by atoms with Gasteiger partial charge in [0.15, 0.2) is 0 Å². The summed E-state index contributed by atoms with van der Waals surface area (Å²) in [6.07, 6.45) is 4.77. The van der Waals surface area contributed by atoms with Gasteiger partial charge in [0.2, 0.25) is 5.95 Å². The zero-order chi connectivity index (χ0) is 18.3. The third-order valence-corrected chi connectivity index (χ3v) is 6.21. The van der Waals surface area contributed by atoms with Crippen molar-refractivity contribution in [1.29, 1.82) is 0 Å². The summed E-state index contributed by atoms with van der Waals surface area (Å²) in [7, 11) is 0. The van der Waals surface area contributed by atoms with Gasteiger partial charge in [-0.3, -0.25) is 9.78 Å². The van der Waals surface area contributed by atoms with Crippen molar-refractivity contribution in [2.45, 2.75) is 31.7 Å². The van der Waals surface area contributed by atoms with Gasteiger partial charge in [-0.25, -0.2) is 0 Å². The average Bonchev–Trinajstić information content (AvgIpc) is 3.36. The topological polar surface area (TPSA) is 61.5 Å². The number of aromatic nitrogens is 2. The molecule has 3 heterocycles. The maximum absolute atomic E-state index is 12.4. The molecule has 2 aromatic rings. The van der Waals surface area contributed by atoms with Crippen LogP contribution in [0.3, 0.4) is 0 Å². The highest BCUT2D eigenvalue weighted by molar-refractivity contribution is 5.46. The number of hydrogen-bond donors (Lipinski definition) is 1. The molecule has 0 unspecified atom stereocenters. The van der Waals surface area contributed by atoms with Gasteiger partial charge >= 0.3 is 0 Å². The van der Waals surface area contributed by atoms with Crippen LogP contribution in [-0.4, -0.2) is 48.9 Å². The van der Waals surface area contributed by atoms with Crippen LogP contribution in [0.4, 0.5) is 11.8 Å². The molecule has 1 aromatic carbocycles. The van der Waals surface area contributed by atoms with E-state index in [-0.39, 0.29) is 5.56 Å². The van der Waals surface area contributed by atoms with Crippen molar-refractivity contribution in [3.63, 3.8) is 0 Å². The largest absolute Gasteiger partial charge is 0.378 e. The molecule has 2 aliphatic heterocycles. The summed E-state index contributed by atoms with van der Waals surface area (Å²) in [5.74, 6) is 1.50. The molecule has 6 nitrogen and oxygen atoms in total. The Morgan fingerprint density at radius 2 is 1.96 bits per heavy atom. The molecule has 2 saturated heterocycles. The van der Waals surface area contributed by atoms with Crippen molar-refractivity contribution < 1.29 is 4.74 Å². The van der Waals surface area contributed by atoms with Crippen molar-refractivity contribution in [3.8, 4) is 0 Å². The molecular formula is C21H26N4O2. The molecule has 0 bridgehead atoms. The van der Waals surface area contributed by atoms with Crippen LogP contribution in [0.15, 0.2) is 41.2 Å². The highest BCUT2D eigenvalue weighted by atomic mass is 16.5. The van der Waals surface area contributed by atoms with Crippen molar-refractivity contribution >= 4 is 11.8 Å². The quantitative estimate of drug-likeness (QED) is 0.899. The van der Waals surface area contributed by atoms with Crippen LogP contribution in [-0.2, 0) is 11.2 Å². The lowest BCUT2D eigenvalue weighted by molar-refractivity contribution is 0.122. The summed E-state index contributed by atoms with van der Waals surface area (Å²) < 4.78 is 5.43. The van der Waals surface area contributed by atoms with Crippen molar-refractivity contribution in [2.75, 3.05) is 42.6 Å². The number of morpholine rings is 1. The Labute approximate surface area is 159 Å². The zero-order valence-electron chi connectivity index (χ0n) is 15.6. The fourth-order valence-corrected chi connectivity index (χ4v) is 4.54. The van der Waals surface area contributed by atoms with E-state index in [0.29, 0.717) is 24.7 Å². The Bertz CT molecular complexity index is 856. The number of H-pyrrole nitrogens is 1. The lowest BCUT2D eigenvalue weighted by Gasteiger charge is -2.30. The molecule has 27 heavy (non-hydrogen) atoms. The molecule has 1 aromatic heterocycles. The van der Waals surface area contributed by atoms with E-state index >= 15 is 0 Å². The maximum atomic E-state index is 12.4. The van der Waals surface area contributed by atoms with E-state index in [1.54, 1.807) is 6.07 Å². The predicted octanol–water partition coefficient (Wildman–Crippen LogP) is 2.21. The molecule has 1 atom stereocenters. The Morgan fingerprint density at radius 1 is 1.19 bits per heavy atom. The molecular weight excluding hydrogens is 340 g/mol. The van der Waals surface area contributed by atoms with Gasteiger partial charge in [0.05, 0.1) is 13.2 Å². The molecule has 3 fully saturated rings. The SMILES string of the molecule is O=c1cc(N2CCOCC2)nc(N2CC3(CC3)C[C@H]2Cc2ccccc2)[nH]1. The minimum absolute atomic E-state index is 0.0725. The molecule has 0 amide bonds. The number of rotatable bonds is 4. The number of hydrogen-bond acceptors (Lipinski definition) is 5. The second kappa shape index (κ2) is 6.68. The number of benzene rings is 1. The van der Waals surface area contributed by atoms with Crippen molar-refractivity contribution in [2.24, 2.45) is 5.41 Å². The smallest absolute Gasteiger partial charge is 0.254 e. The summed E-state index contributed by atoms with van der Waals surface area (Å²) in [4.78, 5) is 24.8. The Hall–Kier alpha value is -2.34. The normalized spacial score (nSPS) is 23.8. The summed E-state index contributed by atoms with van der Waals surface area (Å²) >= 11 is 0. The lowest BCUT2D eigenvalue weighted by Crippen LogP contribution is -2.39. The summed E-state index contributed by atoms with van der Waals surface area (Å²) in [6.45, 7) is 3.95. The van der Waals surface area contributed by atoms with Crippen molar-refractivity contribution in [3.05, 3.63) is 52.3 Å². The molecule has 5 rings (SSSR count). The van der Waals surface area contributed by atoms with Crippen LogP contribution in [0, 0.1) is 5.41 Å². The first-order valence-electron chi connectivity index (χ1n) is 9.96. The van der Waals surface area contributed by atoms with E-state index in [2.05, 4.69) is 45.1 Å². The highest BCUT2D eigenvalue weighted by Crippen LogP contribution is 2.55. The van der Waals surface area contributed by atoms with Gasteiger partial charge in [-0.15, -0.1) is 0 Å². The third kappa shape index (κ3) is 3.46. The fourth-order valence-electron chi connectivity index (χ4n) is 4.54. The van der Waals surface area contributed by atoms with Gasteiger partial charge in [-0.05, 0) is 36.7 Å². The van der Waals surface area contributed by atoms with Crippen LogP contribution in [0.25, 0.3) is 0 Å². The first-order chi connectivity index (χ1) is 13.2. The predicted molar refractivity (Wildman–Crippen MR) is 105 cm³/mol. The standard InChI is InChI=1S/C21H26N4O2/c26-19-13-18(24-8-10-27-11-9-24)22-20(23-19)25-15-21(6-7-21)14-17(25)12-16-4-2-1-3-5-16/h1-5,13,17H,6-12,14-15H2,(H,22,23,26)/t17-/m1/s1. The van der Waals surface area contributed by atoms with Crippen LogP contribution in [0.2, 0.25) is 0 Å². The zero-order valence-corrected chi connectivity index (χ0v) is 15.6. The summed E-state index contributed by atoms with van der Waals surface area (Å²) in [6, 6.07) is 12.6. The van der Waals surface area contributed by atoms with E-state index in [0.717, 1.165) is 37.8 Å². The highest BCUT2D eigenvalue weighted by Gasteiger charge is 2.52. The minimum atomic E-state index is -0.0725. The van der Waals surface area contributed by atoms with E-state index in [9.17, 15) is 4.79 Å². The molecule has 1 N–H and O–H groups in total. The van der Waals surface area contributed by atoms with E-state index in [4.69, 9.17) is 9.72 Å². The van der Waals surface area contributed by atoms with Gasteiger partial charge in [0.1, 0.15) is 5.82 Å². The van der Waals surface area contributed by atoms with Crippen LogP contribution >= 0.6 is 0 Å². The van der Waals surface area contributed by atoms with E-state index in [1.807, 2.05) is 0 Å². The van der Waals surface area contributed by atoms with Crippen LogP contribution < -0.4 is 15.4 Å².